The molecule has 2 aromatic rings. The Hall–Kier alpha value is -2.01. The van der Waals surface area contributed by atoms with E-state index in [9.17, 15) is 20.1 Å². The Kier molecular flexibility index (Phi) is 4.20. The van der Waals surface area contributed by atoms with Crippen LogP contribution >= 0.6 is 0 Å². The summed E-state index contributed by atoms with van der Waals surface area (Å²) in [5, 5.41) is 29.8. The molecule has 0 aromatic carbocycles. The maximum atomic E-state index is 12.4. The van der Waals surface area contributed by atoms with E-state index in [-0.39, 0.29) is 11.2 Å². The third kappa shape index (κ3) is 2.61. The highest BCUT2D eigenvalue weighted by Crippen LogP contribution is 2.35. The third-order valence-electron chi connectivity index (χ3n) is 4.88. The number of hydrogen-bond acceptors (Lipinski definition) is 8. The fraction of sp³-hybridized carbons (Fsp3) is 0.667. The summed E-state index contributed by atoms with van der Waals surface area (Å²) in [7, 11) is 0. The van der Waals surface area contributed by atoms with Crippen molar-refractivity contribution in [3.05, 3.63) is 16.7 Å². The Morgan fingerprint density at radius 3 is 2.68 bits per heavy atom. The second kappa shape index (κ2) is 6.37. The van der Waals surface area contributed by atoms with Gasteiger partial charge in [0.15, 0.2) is 17.4 Å². The maximum Gasteiger partial charge on any atom is 0.277 e. The Morgan fingerprint density at radius 2 is 2.00 bits per heavy atom. The molecule has 4 atom stereocenters. The fourth-order valence-electron chi connectivity index (χ4n) is 3.58. The maximum absolute atomic E-state index is 12.4. The zero-order valence-corrected chi connectivity index (χ0v) is 13.6. The molecule has 0 aliphatic carbocycles. The number of piperidine rings is 1. The minimum absolute atomic E-state index is 0.179. The van der Waals surface area contributed by atoms with Crippen molar-refractivity contribution in [2.75, 3.05) is 24.6 Å². The van der Waals surface area contributed by atoms with E-state index in [1.807, 2.05) is 4.90 Å². The van der Waals surface area contributed by atoms with E-state index >= 15 is 0 Å². The van der Waals surface area contributed by atoms with Gasteiger partial charge in [-0.2, -0.15) is 4.98 Å². The minimum Gasteiger partial charge on any atom is -0.394 e. The van der Waals surface area contributed by atoms with Crippen molar-refractivity contribution in [3.63, 3.8) is 0 Å². The van der Waals surface area contributed by atoms with Gasteiger partial charge < -0.3 is 29.9 Å². The van der Waals surface area contributed by atoms with Crippen LogP contribution in [0.4, 0.5) is 5.95 Å². The number of nitrogens with one attached hydrogen (secondary N) is 1. The summed E-state index contributed by atoms with van der Waals surface area (Å²) in [4.78, 5) is 25.5. The molecule has 2 aliphatic rings. The number of hydrogen-bond donors (Lipinski definition) is 4. The van der Waals surface area contributed by atoms with Gasteiger partial charge >= 0.3 is 0 Å². The van der Waals surface area contributed by atoms with E-state index in [1.165, 1.54) is 10.9 Å². The third-order valence-corrected chi connectivity index (χ3v) is 4.88. The average molecular weight is 351 g/mol. The number of imidazole rings is 1. The second-order valence-electron chi connectivity index (χ2n) is 6.46. The summed E-state index contributed by atoms with van der Waals surface area (Å²) in [5.41, 5.74) is 0.0264. The zero-order valence-electron chi connectivity index (χ0n) is 13.6. The van der Waals surface area contributed by atoms with Gasteiger partial charge in [0.1, 0.15) is 18.3 Å². The highest BCUT2D eigenvalue weighted by molar-refractivity contribution is 5.74. The van der Waals surface area contributed by atoms with Crippen LogP contribution in [0.3, 0.4) is 0 Å². The molecule has 2 aromatic heterocycles. The van der Waals surface area contributed by atoms with E-state index in [4.69, 9.17) is 4.74 Å². The highest BCUT2D eigenvalue weighted by Gasteiger charge is 2.45. The number of aromatic nitrogens is 4. The van der Waals surface area contributed by atoms with Crippen LogP contribution in [0.1, 0.15) is 25.5 Å². The first-order chi connectivity index (χ1) is 12.1. The van der Waals surface area contributed by atoms with Gasteiger partial charge in [0.05, 0.1) is 12.9 Å². The lowest BCUT2D eigenvalue weighted by molar-refractivity contribution is -0.0503. The number of aliphatic hydroxyl groups excluding tert-OH is 3. The van der Waals surface area contributed by atoms with E-state index in [1.54, 1.807) is 0 Å². The molecule has 10 heteroatoms. The van der Waals surface area contributed by atoms with Crippen molar-refractivity contribution in [3.8, 4) is 0 Å². The van der Waals surface area contributed by atoms with Crippen molar-refractivity contribution < 1.29 is 20.1 Å². The van der Waals surface area contributed by atoms with Crippen molar-refractivity contribution >= 4 is 17.1 Å². The topological polar surface area (TPSA) is 137 Å². The summed E-state index contributed by atoms with van der Waals surface area (Å²) in [6, 6.07) is 0. The Bertz CT molecular complexity index is 814. The molecule has 0 bridgehead atoms. The molecule has 2 fully saturated rings. The van der Waals surface area contributed by atoms with E-state index in [0.717, 1.165) is 32.4 Å². The Labute approximate surface area is 142 Å². The van der Waals surface area contributed by atoms with Crippen LogP contribution in [-0.4, -0.2) is 72.8 Å². The van der Waals surface area contributed by atoms with Gasteiger partial charge in [-0.15, -0.1) is 0 Å². The fourth-order valence-corrected chi connectivity index (χ4v) is 3.58. The lowest BCUT2D eigenvalue weighted by atomic mass is 10.1. The van der Waals surface area contributed by atoms with Gasteiger partial charge in [-0.05, 0) is 19.3 Å². The van der Waals surface area contributed by atoms with Crippen LogP contribution in [0.25, 0.3) is 11.2 Å². The van der Waals surface area contributed by atoms with Crippen LogP contribution in [0, 0.1) is 0 Å². The molecule has 0 spiro atoms. The van der Waals surface area contributed by atoms with Crippen LogP contribution in [0.15, 0.2) is 11.1 Å². The Balaban J connectivity index is 1.87. The van der Waals surface area contributed by atoms with Crippen LogP contribution in [0.5, 0.6) is 0 Å². The van der Waals surface area contributed by atoms with Crippen molar-refractivity contribution in [1.82, 2.24) is 19.5 Å². The number of fused-ring (bicyclic) bond motifs is 1. The second-order valence-corrected chi connectivity index (χ2v) is 6.46. The number of aliphatic hydroxyl groups is 3. The standard InChI is InChI=1S/C15H21N5O5/c21-6-8-10(22)11(23)14(25-8)20-9-12(16-7-17-13(9)24)18-15(20)19-4-2-1-3-5-19/h7-8,10-11,14,21-23H,1-6H2,(H,16,17,24)/t8-,10+,11-,14-/m0/s1. The van der Waals surface area contributed by atoms with Gasteiger partial charge in [0.2, 0.25) is 5.95 Å². The number of ether oxygens (including phenoxy) is 1. The molecular weight excluding hydrogens is 330 g/mol. The smallest absolute Gasteiger partial charge is 0.277 e. The van der Waals surface area contributed by atoms with Gasteiger partial charge in [-0.25, -0.2) is 4.98 Å². The minimum atomic E-state index is -1.29. The van der Waals surface area contributed by atoms with Gasteiger partial charge in [0.25, 0.3) is 5.56 Å². The van der Waals surface area contributed by atoms with Crippen LogP contribution in [-0.2, 0) is 4.74 Å². The molecule has 136 valence electrons. The molecule has 2 saturated heterocycles. The monoisotopic (exact) mass is 351 g/mol. The normalized spacial score (nSPS) is 30.3. The van der Waals surface area contributed by atoms with Crippen LogP contribution < -0.4 is 10.5 Å². The summed E-state index contributed by atoms with van der Waals surface area (Å²) >= 11 is 0. The largest absolute Gasteiger partial charge is 0.394 e. The number of H-pyrrole nitrogens is 1. The molecule has 0 unspecified atom stereocenters. The first kappa shape index (κ1) is 16.5. The van der Waals surface area contributed by atoms with Crippen LogP contribution in [0.2, 0.25) is 0 Å². The van der Waals surface area contributed by atoms with Crippen molar-refractivity contribution in [2.24, 2.45) is 0 Å². The number of rotatable bonds is 3. The predicted octanol–water partition coefficient (Wildman–Crippen LogP) is -1.28. The molecule has 2 aliphatic heterocycles. The molecule has 0 radical (unpaired) electrons. The van der Waals surface area contributed by atoms with E-state index < -0.39 is 36.7 Å². The number of anilines is 1. The Morgan fingerprint density at radius 1 is 1.24 bits per heavy atom. The lowest BCUT2D eigenvalue weighted by Crippen LogP contribution is -2.36. The molecule has 4 heterocycles. The zero-order chi connectivity index (χ0) is 17.6. The van der Waals surface area contributed by atoms with E-state index in [2.05, 4.69) is 15.0 Å². The van der Waals surface area contributed by atoms with E-state index in [0.29, 0.717) is 5.95 Å². The molecular formula is C15H21N5O5. The summed E-state index contributed by atoms with van der Waals surface area (Å²) in [6.07, 6.45) is -0.0915. The van der Waals surface area contributed by atoms with Gasteiger partial charge in [-0.1, -0.05) is 0 Å². The summed E-state index contributed by atoms with van der Waals surface area (Å²) < 4.78 is 7.14. The summed E-state index contributed by atoms with van der Waals surface area (Å²) in [5.74, 6) is 0.480. The predicted molar refractivity (Wildman–Crippen MR) is 87.2 cm³/mol. The summed E-state index contributed by atoms with van der Waals surface area (Å²) in [6.45, 7) is 1.11. The lowest BCUT2D eigenvalue weighted by Gasteiger charge is -2.30. The average Bonchev–Trinajstić information content (AvgIpc) is 3.15. The number of aromatic amines is 1. The van der Waals surface area contributed by atoms with Crippen molar-refractivity contribution in [1.29, 1.82) is 0 Å². The molecule has 4 rings (SSSR count). The molecule has 0 amide bonds. The molecule has 10 nitrogen and oxygen atoms in total. The van der Waals surface area contributed by atoms with Gasteiger partial charge in [-0.3, -0.25) is 9.36 Å². The first-order valence-corrected chi connectivity index (χ1v) is 8.45. The molecule has 0 saturated carbocycles. The molecule has 4 N–H and O–H groups in total. The van der Waals surface area contributed by atoms with Gasteiger partial charge in [0, 0.05) is 13.1 Å². The number of nitrogens with zero attached hydrogens (tertiary/aromatic N) is 4. The first-order valence-electron chi connectivity index (χ1n) is 8.45. The SMILES string of the molecule is O=c1[nH]cnc2nc(N3CCCCC3)n([C@H]3O[C@@H](CO)[C@@H](O)[C@@H]3O)c12. The quantitative estimate of drug-likeness (QED) is 0.537. The highest BCUT2D eigenvalue weighted by atomic mass is 16.6. The van der Waals surface area contributed by atoms with Crippen molar-refractivity contribution in [2.45, 2.75) is 43.8 Å². The molecule has 25 heavy (non-hydrogen) atoms.